The molecule has 29 heavy (non-hydrogen) atoms. The molecule has 3 heterocycles. The largest absolute Gasteiger partial charge is 0.323 e. The third-order valence-corrected chi connectivity index (χ3v) is 5.45. The average Bonchev–Trinajstić information content (AvgIpc) is 3.38. The van der Waals surface area contributed by atoms with E-state index in [1.165, 1.54) is 17.5 Å². The minimum atomic E-state index is -0.423. The van der Waals surface area contributed by atoms with Crippen LogP contribution < -0.4 is 10.9 Å². The lowest BCUT2D eigenvalue weighted by Gasteiger charge is -2.06. The molecule has 4 rings (SSSR count). The Morgan fingerprint density at radius 1 is 1.03 bits per heavy atom. The van der Waals surface area contributed by atoms with Crippen molar-refractivity contribution in [3.63, 3.8) is 0 Å². The van der Waals surface area contributed by atoms with Crippen molar-refractivity contribution >= 4 is 34.2 Å². The van der Waals surface area contributed by atoms with Crippen LogP contribution in [0.1, 0.15) is 33.4 Å². The molecule has 4 aromatic rings. The highest BCUT2D eigenvalue weighted by Crippen LogP contribution is 2.30. The minimum Gasteiger partial charge on any atom is -0.323 e. The maximum Gasteiger partial charge on any atom is 0.279 e. The molecule has 1 aromatic carbocycles. The van der Waals surface area contributed by atoms with E-state index in [0.29, 0.717) is 10.4 Å². The van der Waals surface area contributed by atoms with Gasteiger partial charge in [-0.25, -0.2) is 4.98 Å². The number of fused-ring (bicyclic) bond motifs is 1. The molecular weight excluding hydrogens is 386 g/mol. The van der Waals surface area contributed by atoms with Gasteiger partial charge in [-0.3, -0.25) is 25.4 Å². The molecule has 146 valence electrons. The van der Waals surface area contributed by atoms with E-state index >= 15 is 0 Å². The first-order valence-corrected chi connectivity index (χ1v) is 10.0. The van der Waals surface area contributed by atoms with Crippen molar-refractivity contribution in [2.75, 3.05) is 0 Å². The quantitative estimate of drug-likeness (QED) is 0.496. The van der Waals surface area contributed by atoms with E-state index in [2.05, 4.69) is 33.4 Å². The summed E-state index contributed by atoms with van der Waals surface area (Å²) in [5.74, 6) is 0.0427. The number of nitrogens with zero attached hydrogens (tertiary/aromatic N) is 3. The van der Waals surface area contributed by atoms with Crippen molar-refractivity contribution < 1.29 is 9.59 Å². The van der Waals surface area contributed by atoms with Gasteiger partial charge >= 0.3 is 0 Å². The molecule has 0 aliphatic carbocycles. The van der Waals surface area contributed by atoms with Gasteiger partial charge in [-0.15, -0.1) is 11.3 Å². The second kappa shape index (κ2) is 8.24. The third kappa shape index (κ3) is 3.88. The normalized spacial score (nSPS) is 10.8. The van der Waals surface area contributed by atoms with Crippen molar-refractivity contribution in [2.24, 2.45) is 0 Å². The number of aryl methyl sites for hydroxylation is 1. The summed E-state index contributed by atoms with van der Waals surface area (Å²) in [6, 6.07) is 14.9. The maximum absolute atomic E-state index is 12.4. The fraction of sp³-hybridized carbons (Fsp3) is 0.143. The molecule has 3 aromatic heterocycles. The molecule has 0 fully saturated rings. The van der Waals surface area contributed by atoms with E-state index in [9.17, 15) is 9.59 Å². The Labute approximate surface area is 171 Å². The van der Waals surface area contributed by atoms with Gasteiger partial charge in [-0.2, -0.15) is 0 Å². The zero-order chi connectivity index (χ0) is 20.2. The number of aromatic nitrogens is 3. The summed E-state index contributed by atoms with van der Waals surface area (Å²) in [6.07, 6.45) is 3.99. The highest BCUT2D eigenvalue weighted by Gasteiger charge is 2.17. The van der Waals surface area contributed by atoms with Crippen LogP contribution in [0.5, 0.6) is 0 Å². The number of imidazole rings is 1. The Morgan fingerprint density at radius 3 is 2.66 bits per heavy atom. The Kier molecular flexibility index (Phi) is 5.35. The predicted octanol–water partition coefficient (Wildman–Crippen LogP) is 3.64. The number of hydrogen-bond donors (Lipinski definition) is 2. The molecule has 0 aliphatic heterocycles. The summed E-state index contributed by atoms with van der Waals surface area (Å²) < 4.78 is 2.17. The Balaban J connectivity index is 1.52. The summed E-state index contributed by atoms with van der Waals surface area (Å²) in [5, 5.41) is 0. The van der Waals surface area contributed by atoms with Crippen molar-refractivity contribution in [2.45, 2.75) is 19.9 Å². The van der Waals surface area contributed by atoms with Crippen LogP contribution in [0.4, 0.5) is 0 Å². The molecule has 0 atom stereocenters. The fourth-order valence-electron chi connectivity index (χ4n) is 3.04. The number of hydrazine groups is 1. The molecular formula is C21H19N5O2S. The number of thiophene rings is 1. The van der Waals surface area contributed by atoms with E-state index in [-0.39, 0.29) is 5.91 Å². The fourth-order valence-corrected chi connectivity index (χ4v) is 3.94. The first-order chi connectivity index (χ1) is 14.2. The molecule has 0 radical (unpaired) electrons. The lowest BCUT2D eigenvalue weighted by Crippen LogP contribution is -2.41. The second-order valence-corrected chi connectivity index (χ2v) is 7.47. The number of pyridine rings is 1. The van der Waals surface area contributed by atoms with Crippen LogP contribution in [0.3, 0.4) is 0 Å². The van der Waals surface area contributed by atoms with E-state index < -0.39 is 5.91 Å². The third-order valence-electron chi connectivity index (χ3n) is 4.37. The Bertz CT molecular complexity index is 1170. The molecule has 7 nitrogen and oxygen atoms in total. The topological polar surface area (TPSA) is 88.9 Å². The van der Waals surface area contributed by atoms with Crippen molar-refractivity contribution in [1.82, 2.24) is 25.4 Å². The summed E-state index contributed by atoms with van der Waals surface area (Å²) in [6.45, 7) is 2.97. The van der Waals surface area contributed by atoms with Gasteiger partial charge in [0.25, 0.3) is 11.8 Å². The number of amides is 2. The lowest BCUT2D eigenvalue weighted by molar-refractivity contribution is 0.0848. The predicted molar refractivity (Wildman–Crippen MR) is 113 cm³/mol. The highest BCUT2D eigenvalue weighted by atomic mass is 32.1. The van der Waals surface area contributed by atoms with Crippen molar-refractivity contribution in [3.8, 4) is 10.7 Å². The summed E-state index contributed by atoms with van der Waals surface area (Å²) in [7, 11) is 0. The van der Waals surface area contributed by atoms with E-state index in [1.54, 1.807) is 24.4 Å². The van der Waals surface area contributed by atoms with E-state index in [0.717, 1.165) is 34.7 Å². The first kappa shape index (κ1) is 18.8. The van der Waals surface area contributed by atoms with Crippen LogP contribution in [0.15, 0.2) is 60.9 Å². The van der Waals surface area contributed by atoms with Crippen molar-refractivity contribution in [1.29, 1.82) is 0 Å². The lowest BCUT2D eigenvalue weighted by atomic mass is 10.3. The smallest absolute Gasteiger partial charge is 0.279 e. The van der Waals surface area contributed by atoms with Crippen LogP contribution >= 0.6 is 11.3 Å². The van der Waals surface area contributed by atoms with Gasteiger partial charge in [-0.05, 0) is 42.8 Å². The number of para-hydroxylation sites is 2. The Hall–Kier alpha value is -3.52. The summed E-state index contributed by atoms with van der Waals surface area (Å²) in [5.41, 5.74) is 7.23. The van der Waals surface area contributed by atoms with E-state index in [1.807, 2.05) is 24.3 Å². The van der Waals surface area contributed by atoms with Gasteiger partial charge in [0.05, 0.1) is 26.4 Å². The number of rotatable bonds is 5. The van der Waals surface area contributed by atoms with Crippen LogP contribution in [-0.4, -0.2) is 26.3 Å². The molecule has 2 amide bonds. The van der Waals surface area contributed by atoms with Gasteiger partial charge in [0, 0.05) is 18.9 Å². The molecule has 0 saturated heterocycles. The number of carbonyl (C=O) groups excluding carboxylic acids is 2. The molecule has 0 bridgehead atoms. The van der Waals surface area contributed by atoms with E-state index in [4.69, 9.17) is 4.98 Å². The SMILES string of the molecule is CCCn1c(-c2ccc(C(=O)NNC(=O)c3cccnc3)s2)nc2ccccc21. The zero-order valence-corrected chi connectivity index (χ0v) is 16.6. The zero-order valence-electron chi connectivity index (χ0n) is 15.8. The van der Waals surface area contributed by atoms with Gasteiger partial charge in [0.1, 0.15) is 0 Å². The maximum atomic E-state index is 12.4. The second-order valence-electron chi connectivity index (χ2n) is 6.39. The summed E-state index contributed by atoms with van der Waals surface area (Å²) in [4.78, 5) is 34.5. The van der Waals surface area contributed by atoms with Crippen LogP contribution in [-0.2, 0) is 6.54 Å². The first-order valence-electron chi connectivity index (χ1n) is 9.23. The monoisotopic (exact) mass is 405 g/mol. The number of benzene rings is 1. The van der Waals surface area contributed by atoms with Crippen LogP contribution in [0.25, 0.3) is 21.7 Å². The number of carbonyl (C=O) groups is 2. The molecule has 8 heteroatoms. The van der Waals surface area contributed by atoms with Gasteiger partial charge in [0.15, 0.2) is 5.82 Å². The van der Waals surface area contributed by atoms with Gasteiger partial charge < -0.3 is 4.57 Å². The molecule has 0 unspecified atom stereocenters. The Morgan fingerprint density at radius 2 is 1.86 bits per heavy atom. The number of hydrogen-bond acceptors (Lipinski definition) is 5. The van der Waals surface area contributed by atoms with Gasteiger partial charge in [0.2, 0.25) is 0 Å². The standard InChI is InChI=1S/C21H19N5O2S/c1-2-12-26-16-8-4-3-7-15(16)23-19(26)17-9-10-18(29-17)21(28)25-24-20(27)14-6-5-11-22-13-14/h3-11,13H,2,12H2,1H3,(H,24,27)(H,25,28). The average molecular weight is 405 g/mol. The minimum absolute atomic E-state index is 0.368. The molecule has 0 spiro atoms. The van der Waals surface area contributed by atoms with Crippen molar-refractivity contribution in [3.05, 3.63) is 71.4 Å². The molecule has 0 aliphatic rings. The van der Waals surface area contributed by atoms with Gasteiger partial charge in [-0.1, -0.05) is 19.1 Å². The van der Waals surface area contributed by atoms with Crippen LogP contribution in [0, 0.1) is 0 Å². The summed E-state index contributed by atoms with van der Waals surface area (Å²) >= 11 is 1.34. The number of nitrogens with one attached hydrogen (secondary N) is 2. The molecule has 2 N–H and O–H groups in total. The molecule has 0 saturated carbocycles. The van der Waals surface area contributed by atoms with Crippen LogP contribution in [0.2, 0.25) is 0 Å². The highest BCUT2D eigenvalue weighted by molar-refractivity contribution is 7.17.